The van der Waals surface area contributed by atoms with Gasteiger partial charge in [-0.05, 0) is 200 Å². The van der Waals surface area contributed by atoms with Crippen molar-refractivity contribution in [3.05, 3.63) is 226 Å². The molecule has 11 rings (SSSR count). The fraction of sp³-hybridized carbons (Fsp3) is 0.200. The highest BCUT2D eigenvalue weighted by Crippen LogP contribution is 2.48. The number of fused-ring (bicyclic) bond motifs is 2. The van der Waals surface area contributed by atoms with E-state index < -0.39 is 0 Å². The lowest BCUT2D eigenvalue weighted by Gasteiger charge is -2.31. The van der Waals surface area contributed by atoms with Crippen LogP contribution in [0.5, 0.6) is 0 Å². The number of hydrogen-bond acceptors (Lipinski definition) is 2. The second-order valence-electron chi connectivity index (χ2n) is 22.6. The minimum absolute atomic E-state index is 0.0687. The number of hydrogen-bond donors (Lipinski definition) is 0. The molecule has 0 fully saturated rings. The highest BCUT2D eigenvalue weighted by atomic mass is 15.2. The van der Waals surface area contributed by atoms with Crippen molar-refractivity contribution in [1.82, 2.24) is 0 Å². The maximum Gasteiger partial charge on any atom is 0.0520 e. The molecule has 0 saturated carbocycles. The second-order valence-corrected chi connectivity index (χ2v) is 22.6. The molecule has 0 N–H and O–H groups in total. The first-order chi connectivity index (χ1) is 34.4. The molecule has 0 bridgehead atoms. The minimum atomic E-state index is 0.0687. The van der Waals surface area contributed by atoms with Gasteiger partial charge in [0.05, 0.1) is 11.4 Å². The van der Waals surface area contributed by atoms with E-state index in [2.05, 4.69) is 275 Å². The molecule has 356 valence electrons. The Kier molecular flexibility index (Phi) is 11.4. The molecule has 2 heteroatoms. The smallest absolute Gasteiger partial charge is 0.0520 e. The predicted octanol–water partition coefficient (Wildman–Crippen LogP) is 20.5. The molecule has 2 nitrogen and oxygen atoms in total. The summed E-state index contributed by atoms with van der Waals surface area (Å²) in [7, 11) is 0. The van der Waals surface area contributed by atoms with Gasteiger partial charge in [0.2, 0.25) is 0 Å². The van der Waals surface area contributed by atoms with Gasteiger partial charge in [-0.1, -0.05) is 186 Å². The molecule has 0 amide bonds. The number of aryl methyl sites for hydroxylation is 6. The number of anilines is 6. The molecule has 0 unspecified atom stereocenters. The second kappa shape index (κ2) is 17.6. The monoisotopic (exact) mass is 935 g/mol. The van der Waals surface area contributed by atoms with E-state index in [0.29, 0.717) is 0 Å². The molecule has 0 aliphatic heterocycles. The van der Waals surface area contributed by atoms with Crippen molar-refractivity contribution in [1.29, 1.82) is 0 Å². The van der Waals surface area contributed by atoms with E-state index in [4.69, 9.17) is 0 Å². The lowest BCUT2D eigenvalue weighted by atomic mass is 9.84. The van der Waals surface area contributed by atoms with Crippen LogP contribution in [0.3, 0.4) is 0 Å². The van der Waals surface area contributed by atoms with Crippen molar-refractivity contribution in [2.24, 2.45) is 0 Å². The maximum absolute atomic E-state index is 2.44. The molecular formula is C70H66N2. The lowest BCUT2D eigenvalue weighted by molar-refractivity contribution is 0.589. The van der Waals surface area contributed by atoms with Gasteiger partial charge in [0.1, 0.15) is 0 Å². The normalized spacial score (nSPS) is 12.2. The average molecular weight is 935 g/mol. The first kappa shape index (κ1) is 46.7. The van der Waals surface area contributed by atoms with Gasteiger partial charge in [-0.15, -0.1) is 0 Å². The van der Waals surface area contributed by atoms with Gasteiger partial charge >= 0.3 is 0 Å². The number of benzene rings is 11. The van der Waals surface area contributed by atoms with Gasteiger partial charge in [-0.2, -0.15) is 0 Å². The zero-order valence-corrected chi connectivity index (χ0v) is 44.2. The van der Waals surface area contributed by atoms with Crippen LogP contribution >= 0.6 is 0 Å². The Bertz CT molecular complexity index is 3520. The van der Waals surface area contributed by atoms with E-state index in [9.17, 15) is 0 Å². The van der Waals surface area contributed by atoms with Gasteiger partial charge in [0.15, 0.2) is 0 Å². The van der Waals surface area contributed by atoms with Gasteiger partial charge in [0.25, 0.3) is 0 Å². The third kappa shape index (κ3) is 8.08. The van der Waals surface area contributed by atoms with Crippen LogP contribution < -0.4 is 9.80 Å². The Labute approximate surface area is 427 Å². The maximum atomic E-state index is 2.44. The highest BCUT2D eigenvalue weighted by Gasteiger charge is 2.25. The summed E-state index contributed by atoms with van der Waals surface area (Å²) in [5.74, 6) is 0. The lowest BCUT2D eigenvalue weighted by Crippen LogP contribution is -2.16. The van der Waals surface area contributed by atoms with E-state index in [1.54, 1.807) is 0 Å². The molecule has 0 radical (unpaired) electrons. The zero-order valence-electron chi connectivity index (χ0n) is 44.2. The predicted molar refractivity (Wildman–Crippen MR) is 314 cm³/mol. The summed E-state index contributed by atoms with van der Waals surface area (Å²) in [4.78, 5) is 4.87. The summed E-state index contributed by atoms with van der Waals surface area (Å²) in [5, 5.41) is 10.3. The van der Waals surface area contributed by atoms with Crippen molar-refractivity contribution in [2.75, 3.05) is 9.80 Å². The molecule has 0 aliphatic carbocycles. The molecule has 72 heavy (non-hydrogen) atoms. The Balaban J connectivity index is 0.986. The summed E-state index contributed by atoms with van der Waals surface area (Å²) in [6.07, 6.45) is 0. The molecule has 0 saturated heterocycles. The highest BCUT2D eigenvalue weighted by molar-refractivity contribution is 6.35. The van der Waals surface area contributed by atoms with Crippen molar-refractivity contribution in [3.8, 4) is 22.3 Å². The first-order valence-electron chi connectivity index (χ1n) is 25.7. The van der Waals surface area contributed by atoms with Crippen LogP contribution in [-0.4, -0.2) is 0 Å². The summed E-state index contributed by atoms with van der Waals surface area (Å²) in [6, 6.07) is 69.0. The van der Waals surface area contributed by atoms with E-state index >= 15 is 0 Å². The van der Waals surface area contributed by atoms with Crippen molar-refractivity contribution < 1.29 is 0 Å². The van der Waals surface area contributed by atoms with Crippen LogP contribution in [0.4, 0.5) is 34.1 Å². The van der Waals surface area contributed by atoms with Gasteiger partial charge in [-0.3, -0.25) is 0 Å². The SMILES string of the molecule is Cc1ccc(N(c2ccc(-c3ccc4c5cccc6c(-c7ccc(N(c8ccc(C)cc8)c8c(C)cc(C(C)(C)C)cc8C)cc7)ccc(c7cccc3c74)c65)cc2)c2c(C)cc(C(C)(C)C)cc2C)cc1. The van der Waals surface area contributed by atoms with Gasteiger partial charge < -0.3 is 9.80 Å². The largest absolute Gasteiger partial charge is 0.310 e. The average Bonchev–Trinajstić information content (AvgIpc) is 3.35. The first-order valence-corrected chi connectivity index (χ1v) is 25.7. The summed E-state index contributed by atoms with van der Waals surface area (Å²) < 4.78 is 0. The van der Waals surface area contributed by atoms with Crippen LogP contribution in [0, 0.1) is 41.5 Å². The minimum Gasteiger partial charge on any atom is -0.310 e. The Hall–Kier alpha value is -7.68. The van der Waals surface area contributed by atoms with Crippen LogP contribution in [0.15, 0.2) is 182 Å². The quantitative estimate of drug-likeness (QED) is 0.111. The Morgan fingerprint density at radius 2 is 0.569 bits per heavy atom. The molecule has 0 aliphatic rings. The molecular weight excluding hydrogens is 869 g/mol. The zero-order chi connectivity index (χ0) is 50.4. The summed E-state index contributed by atoms with van der Waals surface area (Å²) >= 11 is 0. The van der Waals surface area contributed by atoms with E-state index in [-0.39, 0.29) is 10.8 Å². The number of rotatable bonds is 8. The third-order valence-electron chi connectivity index (χ3n) is 15.3. The van der Waals surface area contributed by atoms with E-state index in [0.717, 1.165) is 22.7 Å². The van der Waals surface area contributed by atoms with Crippen LogP contribution in [-0.2, 0) is 10.8 Å². The van der Waals surface area contributed by atoms with Crippen LogP contribution in [0.2, 0.25) is 0 Å². The van der Waals surface area contributed by atoms with E-state index in [1.807, 2.05) is 0 Å². The summed E-state index contributed by atoms with van der Waals surface area (Å²) in [5.41, 5.74) is 22.4. The van der Waals surface area contributed by atoms with E-state index in [1.165, 1.54) is 121 Å². The Morgan fingerprint density at radius 1 is 0.292 bits per heavy atom. The molecule has 11 aromatic rings. The topological polar surface area (TPSA) is 6.48 Å². The standard InChI is InChI=1S/C70H66N2/c1-43-19-27-53(28-20-43)71(67-45(3)39-51(40-46(67)4)69(7,8)9)55-31-23-49(24-32-55)57-35-37-63-62-18-14-16-60-58(36-38-64(66(60)62)61-17-13-15-59(57)65(61)63)50-25-33-56(34-26-50)72(54-29-21-44(2)22-30-54)68-47(5)41-52(42-48(68)6)70(10,11)12/h13-42H,1-12H3. The van der Waals surface area contributed by atoms with Crippen molar-refractivity contribution in [3.63, 3.8) is 0 Å². The Morgan fingerprint density at radius 3 is 0.875 bits per heavy atom. The van der Waals surface area contributed by atoms with Crippen molar-refractivity contribution in [2.45, 2.75) is 93.9 Å². The molecule has 0 aromatic heterocycles. The molecule has 0 heterocycles. The van der Waals surface area contributed by atoms with Crippen LogP contribution in [0.25, 0.3) is 65.3 Å². The van der Waals surface area contributed by atoms with Crippen LogP contribution in [0.1, 0.15) is 86.1 Å². The van der Waals surface area contributed by atoms with Crippen molar-refractivity contribution >= 4 is 77.2 Å². The fourth-order valence-corrected chi connectivity index (χ4v) is 11.5. The van der Waals surface area contributed by atoms with Gasteiger partial charge in [-0.25, -0.2) is 0 Å². The molecule has 0 atom stereocenters. The number of nitrogens with zero attached hydrogens (tertiary/aromatic N) is 2. The third-order valence-corrected chi connectivity index (χ3v) is 15.3. The molecule has 11 aromatic carbocycles. The van der Waals surface area contributed by atoms with Gasteiger partial charge in [0, 0.05) is 22.7 Å². The summed E-state index contributed by atoms with van der Waals surface area (Å²) in [6.45, 7) is 27.1. The fourth-order valence-electron chi connectivity index (χ4n) is 11.5. The molecule has 0 spiro atoms.